The molecule has 6 nitrogen and oxygen atoms in total. The van der Waals surface area contributed by atoms with E-state index in [1.54, 1.807) is 6.07 Å². The second-order valence-electron chi connectivity index (χ2n) is 5.20. The molecule has 0 aliphatic carbocycles. The maximum absolute atomic E-state index is 12.0. The smallest absolute Gasteiger partial charge is 0.329 e. The van der Waals surface area contributed by atoms with Crippen molar-refractivity contribution in [3.8, 4) is 0 Å². The number of carbonyl (C=O) groups excluding carboxylic acids is 1. The largest absolute Gasteiger partial charge is 0.480 e. The lowest BCUT2D eigenvalue weighted by atomic mass is 9.96. The third-order valence-electron chi connectivity index (χ3n) is 3.06. The van der Waals surface area contributed by atoms with Gasteiger partial charge in [0, 0.05) is 5.69 Å². The lowest BCUT2D eigenvalue weighted by molar-refractivity contribution is -0.144. The molecule has 0 aliphatic rings. The fourth-order valence-electron chi connectivity index (χ4n) is 1.79. The van der Waals surface area contributed by atoms with E-state index in [-0.39, 0.29) is 11.6 Å². The van der Waals surface area contributed by atoms with Crippen LogP contribution in [0.15, 0.2) is 6.07 Å². The van der Waals surface area contributed by atoms with Crippen molar-refractivity contribution in [3.05, 3.63) is 17.5 Å². The van der Waals surface area contributed by atoms with Gasteiger partial charge < -0.3 is 10.4 Å². The Bertz CT molecular complexity index is 467. The number of amides is 1. The van der Waals surface area contributed by atoms with Crippen molar-refractivity contribution in [2.24, 2.45) is 0 Å². The predicted octanol–water partition coefficient (Wildman–Crippen LogP) is 1.91. The number of nitrogens with one attached hydrogen (secondary N) is 2. The molecule has 0 fully saturated rings. The number of hydrogen-bond donors (Lipinski definition) is 3. The Labute approximate surface area is 112 Å². The molecule has 0 aliphatic heterocycles. The fourth-order valence-corrected chi connectivity index (χ4v) is 1.79. The quantitative estimate of drug-likeness (QED) is 0.733. The van der Waals surface area contributed by atoms with Crippen molar-refractivity contribution in [3.63, 3.8) is 0 Å². The molecule has 1 atom stereocenters. The van der Waals surface area contributed by atoms with Gasteiger partial charge in [0.1, 0.15) is 11.2 Å². The van der Waals surface area contributed by atoms with Crippen molar-refractivity contribution in [2.45, 2.75) is 52.0 Å². The van der Waals surface area contributed by atoms with Crippen molar-refractivity contribution in [1.29, 1.82) is 0 Å². The minimum atomic E-state index is -1.26. The predicted molar refractivity (Wildman–Crippen MR) is 71.1 cm³/mol. The van der Waals surface area contributed by atoms with Gasteiger partial charge in [-0.15, -0.1) is 0 Å². The number of carbonyl (C=O) groups is 2. The van der Waals surface area contributed by atoms with E-state index >= 15 is 0 Å². The SMILES string of the molecule is CCCC(C)(NC(=O)c1cc(C(C)C)[nH]n1)C(=O)O. The number of nitrogens with zero attached hydrogens (tertiary/aromatic N) is 1. The van der Waals surface area contributed by atoms with Gasteiger partial charge in [-0.25, -0.2) is 4.79 Å². The molecule has 1 aromatic rings. The molecule has 6 heteroatoms. The molecule has 1 unspecified atom stereocenters. The van der Waals surface area contributed by atoms with E-state index in [2.05, 4.69) is 15.5 Å². The topological polar surface area (TPSA) is 95.1 Å². The average molecular weight is 267 g/mol. The molecule has 0 saturated heterocycles. The number of aromatic nitrogens is 2. The summed E-state index contributed by atoms with van der Waals surface area (Å²) in [5.74, 6) is -1.28. The first-order chi connectivity index (χ1) is 8.80. The average Bonchev–Trinajstić information content (AvgIpc) is 2.78. The van der Waals surface area contributed by atoms with E-state index in [0.29, 0.717) is 12.8 Å². The Morgan fingerprint density at radius 3 is 2.58 bits per heavy atom. The first-order valence-electron chi connectivity index (χ1n) is 6.41. The van der Waals surface area contributed by atoms with Gasteiger partial charge in [-0.2, -0.15) is 5.10 Å². The maximum atomic E-state index is 12.0. The Morgan fingerprint density at radius 1 is 1.53 bits per heavy atom. The highest BCUT2D eigenvalue weighted by Gasteiger charge is 2.34. The standard InChI is InChI=1S/C13H21N3O3/c1-5-6-13(4,12(18)19)14-11(17)10-7-9(8(2)3)15-16-10/h7-8H,5-6H2,1-4H3,(H,14,17)(H,15,16)(H,18,19). The van der Waals surface area contributed by atoms with Crippen LogP contribution in [0.4, 0.5) is 0 Å². The number of carboxylic acid groups (broad SMARTS) is 1. The van der Waals surface area contributed by atoms with E-state index in [1.165, 1.54) is 6.92 Å². The molecular formula is C13H21N3O3. The van der Waals surface area contributed by atoms with Crippen molar-refractivity contribution in [1.82, 2.24) is 15.5 Å². The first-order valence-corrected chi connectivity index (χ1v) is 6.41. The molecule has 1 amide bonds. The third-order valence-corrected chi connectivity index (χ3v) is 3.06. The zero-order valence-corrected chi connectivity index (χ0v) is 11.8. The minimum absolute atomic E-state index is 0.215. The van der Waals surface area contributed by atoms with E-state index in [4.69, 9.17) is 0 Å². The zero-order chi connectivity index (χ0) is 14.6. The van der Waals surface area contributed by atoms with Gasteiger partial charge in [0.2, 0.25) is 0 Å². The number of hydrogen-bond acceptors (Lipinski definition) is 3. The third kappa shape index (κ3) is 3.56. The number of H-pyrrole nitrogens is 1. The summed E-state index contributed by atoms with van der Waals surface area (Å²) in [6.07, 6.45) is 1.04. The molecule has 0 saturated carbocycles. The highest BCUT2D eigenvalue weighted by Crippen LogP contribution is 2.15. The van der Waals surface area contributed by atoms with Gasteiger partial charge in [0.25, 0.3) is 5.91 Å². The molecule has 0 bridgehead atoms. The Hall–Kier alpha value is -1.85. The summed E-state index contributed by atoms with van der Waals surface area (Å²) in [5.41, 5.74) is -0.201. The number of carboxylic acids is 1. The summed E-state index contributed by atoms with van der Waals surface area (Å²) in [6.45, 7) is 7.34. The van der Waals surface area contributed by atoms with Crippen LogP contribution in [0.1, 0.15) is 62.6 Å². The van der Waals surface area contributed by atoms with Crippen LogP contribution in [0.5, 0.6) is 0 Å². The van der Waals surface area contributed by atoms with E-state index in [1.807, 2.05) is 20.8 Å². The van der Waals surface area contributed by atoms with Crippen LogP contribution in [0.2, 0.25) is 0 Å². The second-order valence-corrected chi connectivity index (χ2v) is 5.20. The van der Waals surface area contributed by atoms with Crippen molar-refractivity contribution in [2.75, 3.05) is 0 Å². The van der Waals surface area contributed by atoms with Crippen LogP contribution < -0.4 is 5.32 Å². The summed E-state index contributed by atoms with van der Waals surface area (Å²) in [4.78, 5) is 23.3. The molecule has 3 N–H and O–H groups in total. The highest BCUT2D eigenvalue weighted by atomic mass is 16.4. The molecule has 106 valence electrons. The van der Waals surface area contributed by atoms with E-state index < -0.39 is 17.4 Å². The molecule has 19 heavy (non-hydrogen) atoms. The van der Waals surface area contributed by atoms with Gasteiger partial charge in [-0.3, -0.25) is 9.89 Å². The van der Waals surface area contributed by atoms with Crippen molar-refractivity contribution < 1.29 is 14.7 Å². The lowest BCUT2D eigenvalue weighted by Gasteiger charge is -2.25. The van der Waals surface area contributed by atoms with Crippen LogP contribution in [0.3, 0.4) is 0 Å². The van der Waals surface area contributed by atoms with Gasteiger partial charge in [-0.05, 0) is 25.3 Å². The molecule has 0 radical (unpaired) electrons. The molecule has 1 aromatic heterocycles. The number of aromatic amines is 1. The van der Waals surface area contributed by atoms with Gasteiger partial charge in [0.05, 0.1) is 0 Å². The Morgan fingerprint density at radius 2 is 2.16 bits per heavy atom. The maximum Gasteiger partial charge on any atom is 0.329 e. The summed E-state index contributed by atoms with van der Waals surface area (Å²) >= 11 is 0. The fraction of sp³-hybridized carbons (Fsp3) is 0.615. The van der Waals surface area contributed by atoms with Crippen molar-refractivity contribution >= 4 is 11.9 Å². The molecule has 0 aromatic carbocycles. The molecule has 0 spiro atoms. The second kappa shape index (κ2) is 5.86. The number of aliphatic carboxylic acids is 1. The normalized spacial score (nSPS) is 14.2. The van der Waals surface area contributed by atoms with Gasteiger partial charge in [0.15, 0.2) is 0 Å². The van der Waals surface area contributed by atoms with Crippen LogP contribution in [-0.2, 0) is 4.79 Å². The Kier molecular flexibility index (Phi) is 4.69. The summed E-state index contributed by atoms with van der Waals surface area (Å²) in [6, 6.07) is 1.65. The minimum Gasteiger partial charge on any atom is -0.480 e. The summed E-state index contributed by atoms with van der Waals surface area (Å²) in [7, 11) is 0. The van der Waals surface area contributed by atoms with Gasteiger partial charge >= 0.3 is 5.97 Å². The van der Waals surface area contributed by atoms with Crippen LogP contribution in [-0.4, -0.2) is 32.7 Å². The van der Waals surface area contributed by atoms with E-state index in [9.17, 15) is 14.7 Å². The molecule has 1 heterocycles. The van der Waals surface area contributed by atoms with E-state index in [0.717, 1.165) is 5.69 Å². The van der Waals surface area contributed by atoms with Gasteiger partial charge in [-0.1, -0.05) is 27.2 Å². The van der Waals surface area contributed by atoms with Crippen LogP contribution in [0.25, 0.3) is 0 Å². The summed E-state index contributed by atoms with van der Waals surface area (Å²) < 4.78 is 0. The number of rotatable bonds is 6. The lowest BCUT2D eigenvalue weighted by Crippen LogP contribution is -2.52. The zero-order valence-electron chi connectivity index (χ0n) is 11.8. The summed E-state index contributed by atoms with van der Waals surface area (Å²) in [5, 5.41) is 18.4. The monoisotopic (exact) mass is 267 g/mol. The molecule has 1 rings (SSSR count). The first kappa shape index (κ1) is 15.2. The Balaban J connectivity index is 2.85. The van der Waals surface area contributed by atoms with Crippen LogP contribution >= 0.6 is 0 Å². The molecular weight excluding hydrogens is 246 g/mol. The highest BCUT2D eigenvalue weighted by molar-refractivity contribution is 5.96. The van der Waals surface area contributed by atoms with Crippen LogP contribution in [0, 0.1) is 0 Å².